The lowest BCUT2D eigenvalue weighted by Gasteiger charge is -2.09. The van der Waals surface area contributed by atoms with E-state index in [9.17, 15) is 10.1 Å². The predicted octanol–water partition coefficient (Wildman–Crippen LogP) is 4.43. The van der Waals surface area contributed by atoms with Crippen molar-refractivity contribution in [1.82, 2.24) is 24.7 Å². The highest BCUT2D eigenvalue weighted by Gasteiger charge is 2.12. The van der Waals surface area contributed by atoms with Crippen LogP contribution < -0.4 is 10.7 Å². The van der Waals surface area contributed by atoms with Crippen LogP contribution in [0.5, 0.6) is 0 Å². The first-order valence-corrected chi connectivity index (χ1v) is 10.1. The zero-order chi connectivity index (χ0) is 23.4. The van der Waals surface area contributed by atoms with Crippen LogP contribution in [0.1, 0.15) is 17.0 Å². The third-order valence-corrected chi connectivity index (χ3v) is 4.63. The Morgan fingerprint density at radius 1 is 1.06 bits per heavy atom. The van der Waals surface area contributed by atoms with Crippen molar-refractivity contribution in [1.29, 1.82) is 0 Å². The van der Waals surface area contributed by atoms with Crippen molar-refractivity contribution in [3.05, 3.63) is 86.7 Å². The van der Waals surface area contributed by atoms with Crippen molar-refractivity contribution < 1.29 is 4.92 Å². The van der Waals surface area contributed by atoms with E-state index >= 15 is 0 Å². The summed E-state index contributed by atoms with van der Waals surface area (Å²) < 4.78 is 1.60. The lowest BCUT2D eigenvalue weighted by atomic mass is 10.2. The normalized spacial score (nSPS) is 11.0. The second kappa shape index (κ2) is 9.40. The Balaban J connectivity index is 1.63. The molecule has 0 bridgehead atoms. The predicted molar refractivity (Wildman–Crippen MR) is 125 cm³/mol. The van der Waals surface area contributed by atoms with Crippen LogP contribution in [0.4, 0.5) is 23.3 Å². The van der Waals surface area contributed by atoms with Gasteiger partial charge in [-0.05, 0) is 44.2 Å². The number of hydrazone groups is 1. The summed E-state index contributed by atoms with van der Waals surface area (Å²) in [5.41, 5.74) is 5.67. The molecule has 0 radical (unpaired) electrons. The van der Waals surface area contributed by atoms with E-state index in [1.165, 1.54) is 18.3 Å². The minimum Gasteiger partial charge on any atom is -0.324 e. The fourth-order valence-electron chi connectivity index (χ4n) is 2.94. The van der Waals surface area contributed by atoms with Crippen molar-refractivity contribution in [2.24, 2.45) is 5.10 Å². The molecule has 2 heterocycles. The number of halogens is 1. The van der Waals surface area contributed by atoms with Gasteiger partial charge in [-0.3, -0.25) is 10.1 Å². The lowest BCUT2D eigenvalue weighted by Crippen LogP contribution is -2.11. The molecule has 166 valence electrons. The largest absolute Gasteiger partial charge is 0.324 e. The van der Waals surface area contributed by atoms with E-state index in [4.69, 9.17) is 11.6 Å². The van der Waals surface area contributed by atoms with Gasteiger partial charge in [0.2, 0.25) is 11.9 Å². The topological polar surface area (TPSA) is 136 Å². The summed E-state index contributed by atoms with van der Waals surface area (Å²) in [6.07, 6.45) is 1.44. The van der Waals surface area contributed by atoms with Gasteiger partial charge >= 0.3 is 0 Å². The maximum Gasteiger partial charge on any atom is 0.270 e. The summed E-state index contributed by atoms with van der Waals surface area (Å²) in [7, 11) is 0. The number of non-ortho nitro benzene ring substituents is 1. The Kier molecular flexibility index (Phi) is 6.22. The molecular formula is C21H18ClN9O2. The molecule has 0 amide bonds. The third-order valence-electron chi connectivity index (χ3n) is 4.38. The van der Waals surface area contributed by atoms with Crippen molar-refractivity contribution in [2.75, 3.05) is 10.7 Å². The van der Waals surface area contributed by atoms with E-state index in [1.807, 2.05) is 19.9 Å². The van der Waals surface area contributed by atoms with Crippen LogP contribution in [0.25, 0.3) is 5.95 Å². The fraction of sp³-hybridized carbons (Fsp3) is 0.0952. The maximum atomic E-state index is 11.0. The second-order valence-corrected chi connectivity index (χ2v) is 7.41. The van der Waals surface area contributed by atoms with Crippen LogP contribution in [0.15, 0.2) is 59.7 Å². The number of aromatic nitrogens is 5. The molecule has 2 aromatic heterocycles. The van der Waals surface area contributed by atoms with Gasteiger partial charge in [0.1, 0.15) is 0 Å². The Morgan fingerprint density at radius 2 is 1.82 bits per heavy atom. The first-order valence-electron chi connectivity index (χ1n) is 9.73. The molecule has 2 aromatic carbocycles. The molecule has 33 heavy (non-hydrogen) atoms. The minimum absolute atomic E-state index is 0.0274. The molecule has 11 nitrogen and oxygen atoms in total. The smallest absolute Gasteiger partial charge is 0.270 e. The molecule has 0 saturated heterocycles. The third kappa shape index (κ3) is 5.46. The van der Waals surface area contributed by atoms with Crippen LogP contribution in [-0.2, 0) is 0 Å². The second-order valence-electron chi connectivity index (χ2n) is 6.98. The molecule has 2 N–H and O–H groups in total. The number of nitro benzene ring substituents is 1. The number of anilines is 3. The maximum absolute atomic E-state index is 11.0. The first kappa shape index (κ1) is 21.8. The van der Waals surface area contributed by atoms with Gasteiger partial charge in [0, 0.05) is 34.1 Å². The summed E-state index contributed by atoms with van der Waals surface area (Å²) in [6, 6.07) is 15.1. The molecule has 0 aliphatic heterocycles. The van der Waals surface area contributed by atoms with E-state index < -0.39 is 4.92 Å². The van der Waals surface area contributed by atoms with Gasteiger partial charge in [0.15, 0.2) is 0 Å². The number of benzene rings is 2. The van der Waals surface area contributed by atoms with Gasteiger partial charge in [0.05, 0.1) is 16.8 Å². The van der Waals surface area contributed by atoms with Gasteiger partial charge in [0.25, 0.3) is 11.6 Å². The molecule has 0 fully saturated rings. The van der Waals surface area contributed by atoms with Crippen molar-refractivity contribution in [3.8, 4) is 5.95 Å². The molecule has 12 heteroatoms. The number of nitro groups is 1. The average Bonchev–Trinajstić information content (AvgIpc) is 3.13. The number of rotatable bonds is 7. The number of aryl methyl sites for hydroxylation is 2. The van der Waals surface area contributed by atoms with Gasteiger partial charge in [-0.2, -0.15) is 25.2 Å². The monoisotopic (exact) mass is 463 g/mol. The summed E-state index contributed by atoms with van der Waals surface area (Å²) in [4.78, 5) is 23.7. The van der Waals surface area contributed by atoms with E-state index in [-0.39, 0.29) is 17.6 Å². The van der Waals surface area contributed by atoms with E-state index in [1.54, 1.807) is 41.1 Å². The highest BCUT2D eigenvalue weighted by molar-refractivity contribution is 6.30. The molecule has 0 atom stereocenters. The molecule has 4 rings (SSSR count). The average molecular weight is 464 g/mol. The fourth-order valence-corrected chi connectivity index (χ4v) is 3.07. The van der Waals surface area contributed by atoms with Crippen molar-refractivity contribution in [2.45, 2.75) is 13.8 Å². The molecule has 0 aliphatic rings. The van der Waals surface area contributed by atoms with Crippen molar-refractivity contribution >= 4 is 41.1 Å². The summed E-state index contributed by atoms with van der Waals surface area (Å²) in [6.45, 7) is 3.77. The highest BCUT2D eigenvalue weighted by atomic mass is 35.5. The molecular weight excluding hydrogens is 446 g/mol. The van der Waals surface area contributed by atoms with Crippen LogP contribution in [-0.4, -0.2) is 35.9 Å². The van der Waals surface area contributed by atoms with Crippen LogP contribution >= 0.6 is 11.6 Å². The molecule has 0 saturated carbocycles. The van der Waals surface area contributed by atoms with Gasteiger partial charge < -0.3 is 5.32 Å². The molecule has 0 spiro atoms. The molecule has 4 aromatic rings. The van der Waals surface area contributed by atoms with Crippen LogP contribution in [0, 0.1) is 24.0 Å². The number of nitrogens with one attached hydrogen (secondary N) is 2. The standard InChI is InChI=1S/C21H18ClN9O2/c1-13-10-14(2)30(29-13)21-26-19(24-17-8-6-16(22)7-9-17)25-20(27-21)28-23-12-15-4-3-5-18(11-15)31(32)33/h3-12H,1-2H3,(H2,24,25,26,27,28)/b23-12-. The Bertz CT molecular complexity index is 1340. The van der Waals surface area contributed by atoms with Crippen LogP contribution in [0.3, 0.4) is 0 Å². The summed E-state index contributed by atoms with van der Waals surface area (Å²) >= 11 is 5.96. The molecule has 0 unspecified atom stereocenters. The first-order chi connectivity index (χ1) is 15.9. The molecule has 0 aliphatic carbocycles. The van der Waals surface area contributed by atoms with Gasteiger partial charge in [-0.15, -0.1) is 0 Å². The number of nitrogens with zero attached hydrogens (tertiary/aromatic N) is 7. The number of hydrogen-bond acceptors (Lipinski definition) is 9. The summed E-state index contributed by atoms with van der Waals surface area (Å²) in [5.74, 6) is 0.716. The van der Waals surface area contributed by atoms with E-state index in [0.29, 0.717) is 16.5 Å². The SMILES string of the molecule is Cc1cc(C)n(-c2nc(N/N=C\c3cccc([N+](=O)[O-])c3)nc(Nc3ccc(Cl)cc3)n2)n1. The van der Waals surface area contributed by atoms with E-state index in [0.717, 1.165) is 17.1 Å². The van der Waals surface area contributed by atoms with Crippen LogP contribution in [0.2, 0.25) is 5.02 Å². The Morgan fingerprint density at radius 3 is 2.52 bits per heavy atom. The Hall–Kier alpha value is -4.38. The van der Waals surface area contributed by atoms with E-state index in [2.05, 4.69) is 35.9 Å². The quantitative estimate of drug-likeness (QED) is 0.233. The summed E-state index contributed by atoms with van der Waals surface area (Å²) in [5, 5.41) is 23.2. The highest BCUT2D eigenvalue weighted by Crippen LogP contribution is 2.19. The lowest BCUT2D eigenvalue weighted by molar-refractivity contribution is -0.384. The minimum atomic E-state index is -0.466. The Labute approximate surface area is 193 Å². The van der Waals surface area contributed by atoms with Gasteiger partial charge in [-0.1, -0.05) is 23.7 Å². The zero-order valence-electron chi connectivity index (χ0n) is 17.6. The zero-order valence-corrected chi connectivity index (χ0v) is 18.4. The van der Waals surface area contributed by atoms with Gasteiger partial charge in [-0.25, -0.2) is 10.1 Å². The van der Waals surface area contributed by atoms with Crippen molar-refractivity contribution in [3.63, 3.8) is 0 Å². The number of hydrogen-bond donors (Lipinski definition) is 2.